The Hall–Kier alpha value is -1.98. The SMILES string of the molecule is CC(=O)C1CCCCN1c1cc(C)nc2ncnn12. The molecule has 0 aliphatic carbocycles. The quantitative estimate of drug-likeness (QED) is 0.815. The molecule has 3 heterocycles. The van der Waals surface area contributed by atoms with Crippen molar-refractivity contribution in [2.75, 3.05) is 11.4 Å². The number of hydrogen-bond donors (Lipinski definition) is 0. The third-order valence-corrected chi connectivity index (χ3v) is 3.63. The zero-order valence-corrected chi connectivity index (χ0v) is 11.2. The first-order valence-corrected chi connectivity index (χ1v) is 6.61. The van der Waals surface area contributed by atoms with Gasteiger partial charge in [-0.05, 0) is 33.1 Å². The normalized spacial score (nSPS) is 19.9. The summed E-state index contributed by atoms with van der Waals surface area (Å²) in [6, 6.07) is 1.92. The third-order valence-electron chi connectivity index (χ3n) is 3.63. The molecule has 0 bridgehead atoms. The van der Waals surface area contributed by atoms with Crippen molar-refractivity contribution in [1.29, 1.82) is 0 Å². The second-order valence-electron chi connectivity index (χ2n) is 5.04. The van der Waals surface area contributed by atoms with Gasteiger partial charge >= 0.3 is 0 Å². The molecule has 1 aliphatic heterocycles. The van der Waals surface area contributed by atoms with Crippen LogP contribution in [0.4, 0.5) is 5.82 Å². The molecule has 1 atom stereocenters. The number of piperidine rings is 1. The highest BCUT2D eigenvalue weighted by Crippen LogP contribution is 2.25. The summed E-state index contributed by atoms with van der Waals surface area (Å²) in [5.74, 6) is 1.71. The van der Waals surface area contributed by atoms with Crippen LogP contribution in [0.25, 0.3) is 5.78 Å². The van der Waals surface area contributed by atoms with Gasteiger partial charge in [0, 0.05) is 18.3 Å². The van der Waals surface area contributed by atoms with Crippen molar-refractivity contribution in [2.24, 2.45) is 0 Å². The van der Waals surface area contributed by atoms with Crippen LogP contribution in [0.2, 0.25) is 0 Å². The van der Waals surface area contributed by atoms with Crippen LogP contribution in [-0.4, -0.2) is 38.0 Å². The molecule has 1 saturated heterocycles. The average molecular weight is 259 g/mol. The first-order chi connectivity index (χ1) is 9.16. The van der Waals surface area contributed by atoms with Gasteiger partial charge < -0.3 is 4.90 Å². The summed E-state index contributed by atoms with van der Waals surface area (Å²) in [5, 5.41) is 4.22. The number of nitrogens with zero attached hydrogens (tertiary/aromatic N) is 5. The number of rotatable bonds is 2. The number of fused-ring (bicyclic) bond motifs is 1. The molecule has 19 heavy (non-hydrogen) atoms. The summed E-state index contributed by atoms with van der Waals surface area (Å²) in [5.41, 5.74) is 0.892. The number of aryl methyl sites for hydroxylation is 1. The van der Waals surface area contributed by atoms with Crippen LogP contribution in [0.1, 0.15) is 31.9 Å². The molecule has 2 aromatic rings. The lowest BCUT2D eigenvalue weighted by molar-refractivity contribution is -0.118. The number of aromatic nitrogens is 4. The van der Waals surface area contributed by atoms with Crippen molar-refractivity contribution in [2.45, 2.75) is 39.2 Å². The molecular formula is C13H17N5O. The Balaban J connectivity index is 2.11. The van der Waals surface area contributed by atoms with E-state index in [9.17, 15) is 4.79 Å². The third kappa shape index (κ3) is 2.07. The average Bonchev–Trinajstić information content (AvgIpc) is 2.85. The topological polar surface area (TPSA) is 63.4 Å². The lowest BCUT2D eigenvalue weighted by Gasteiger charge is -2.35. The summed E-state index contributed by atoms with van der Waals surface area (Å²) < 4.78 is 1.72. The van der Waals surface area contributed by atoms with Crippen LogP contribution in [0, 0.1) is 6.92 Å². The molecule has 0 spiro atoms. The summed E-state index contributed by atoms with van der Waals surface area (Å²) in [6.07, 6.45) is 4.61. The highest BCUT2D eigenvalue weighted by Gasteiger charge is 2.28. The lowest BCUT2D eigenvalue weighted by atomic mass is 9.99. The van der Waals surface area contributed by atoms with Crippen LogP contribution in [0.15, 0.2) is 12.4 Å². The van der Waals surface area contributed by atoms with E-state index in [4.69, 9.17) is 0 Å². The molecule has 6 nitrogen and oxygen atoms in total. The van der Waals surface area contributed by atoms with Gasteiger partial charge in [-0.3, -0.25) is 4.79 Å². The van der Waals surface area contributed by atoms with E-state index in [1.54, 1.807) is 11.4 Å². The van der Waals surface area contributed by atoms with Gasteiger partial charge in [0.2, 0.25) is 0 Å². The monoisotopic (exact) mass is 259 g/mol. The van der Waals surface area contributed by atoms with E-state index >= 15 is 0 Å². The molecule has 0 radical (unpaired) electrons. The van der Waals surface area contributed by atoms with Crippen LogP contribution in [-0.2, 0) is 4.79 Å². The van der Waals surface area contributed by atoms with Crippen molar-refractivity contribution in [3.63, 3.8) is 0 Å². The first kappa shape index (κ1) is 12.1. The minimum absolute atomic E-state index is 0.0528. The Morgan fingerprint density at radius 3 is 3.05 bits per heavy atom. The number of anilines is 1. The van der Waals surface area contributed by atoms with E-state index in [1.165, 1.54) is 6.33 Å². The van der Waals surface area contributed by atoms with E-state index < -0.39 is 0 Å². The molecule has 0 N–H and O–H groups in total. The molecule has 100 valence electrons. The van der Waals surface area contributed by atoms with Gasteiger partial charge in [0.15, 0.2) is 5.78 Å². The Labute approximate surface area is 111 Å². The molecule has 6 heteroatoms. The fourth-order valence-corrected chi connectivity index (χ4v) is 2.74. The maximum Gasteiger partial charge on any atom is 0.254 e. The first-order valence-electron chi connectivity index (χ1n) is 6.61. The molecule has 3 rings (SSSR count). The second-order valence-corrected chi connectivity index (χ2v) is 5.04. The maximum atomic E-state index is 11.8. The number of hydrogen-bond acceptors (Lipinski definition) is 5. The second kappa shape index (κ2) is 4.60. The number of carbonyl (C=O) groups is 1. The van der Waals surface area contributed by atoms with Gasteiger partial charge in [-0.15, -0.1) is 0 Å². The Morgan fingerprint density at radius 2 is 2.26 bits per heavy atom. The van der Waals surface area contributed by atoms with Gasteiger partial charge in [-0.25, -0.2) is 4.98 Å². The van der Waals surface area contributed by atoms with Crippen LogP contribution < -0.4 is 4.90 Å². The Bertz CT molecular complexity index is 621. The molecule has 1 fully saturated rings. The summed E-state index contributed by atoms with van der Waals surface area (Å²) in [7, 11) is 0. The predicted octanol–water partition coefficient (Wildman–Crippen LogP) is 1.38. The molecule has 1 aliphatic rings. The lowest BCUT2D eigenvalue weighted by Crippen LogP contribution is -2.45. The smallest absolute Gasteiger partial charge is 0.254 e. The minimum Gasteiger partial charge on any atom is -0.346 e. The number of ketones is 1. The molecule has 0 saturated carbocycles. The van der Waals surface area contributed by atoms with Gasteiger partial charge in [0.05, 0.1) is 6.04 Å². The minimum atomic E-state index is -0.0528. The van der Waals surface area contributed by atoms with E-state index in [2.05, 4.69) is 20.0 Å². The van der Waals surface area contributed by atoms with Gasteiger partial charge in [-0.2, -0.15) is 14.6 Å². The largest absolute Gasteiger partial charge is 0.346 e. The van der Waals surface area contributed by atoms with Crippen molar-refractivity contribution in [3.8, 4) is 0 Å². The zero-order chi connectivity index (χ0) is 13.4. The van der Waals surface area contributed by atoms with Crippen molar-refractivity contribution >= 4 is 17.4 Å². The fraction of sp³-hybridized carbons (Fsp3) is 0.538. The van der Waals surface area contributed by atoms with Crippen molar-refractivity contribution in [1.82, 2.24) is 19.6 Å². The predicted molar refractivity (Wildman–Crippen MR) is 71.2 cm³/mol. The van der Waals surface area contributed by atoms with E-state index in [0.29, 0.717) is 5.78 Å². The van der Waals surface area contributed by atoms with E-state index in [-0.39, 0.29) is 11.8 Å². The molecule has 0 amide bonds. The highest BCUT2D eigenvalue weighted by atomic mass is 16.1. The Morgan fingerprint density at radius 1 is 1.42 bits per heavy atom. The number of Topliss-reactive ketones (excluding diaryl/α,β-unsaturated/α-hetero) is 1. The zero-order valence-electron chi connectivity index (χ0n) is 11.2. The van der Waals surface area contributed by atoms with Gasteiger partial charge in [0.1, 0.15) is 12.1 Å². The number of carbonyl (C=O) groups excluding carboxylic acids is 1. The molecule has 1 unspecified atom stereocenters. The van der Waals surface area contributed by atoms with E-state index in [1.807, 2.05) is 13.0 Å². The molecular weight excluding hydrogens is 242 g/mol. The maximum absolute atomic E-state index is 11.8. The van der Waals surface area contributed by atoms with Gasteiger partial charge in [-0.1, -0.05) is 0 Å². The summed E-state index contributed by atoms with van der Waals surface area (Å²) in [6.45, 7) is 4.48. The fourth-order valence-electron chi connectivity index (χ4n) is 2.74. The highest BCUT2D eigenvalue weighted by molar-refractivity contribution is 5.85. The standard InChI is InChI=1S/C13H17N5O/c1-9-7-12(18-13(16-9)14-8-15-18)17-6-4-3-5-11(17)10(2)19/h7-8,11H,3-6H2,1-2H3. The Kier molecular flexibility index (Phi) is 2.93. The van der Waals surface area contributed by atoms with E-state index in [0.717, 1.165) is 37.3 Å². The summed E-state index contributed by atoms with van der Waals surface area (Å²) in [4.78, 5) is 22.5. The van der Waals surface area contributed by atoms with Crippen LogP contribution in [0.5, 0.6) is 0 Å². The summed E-state index contributed by atoms with van der Waals surface area (Å²) >= 11 is 0. The molecule has 0 aromatic carbocycles. The van der Waals surface area contributed by atoms with Crippen molar-refractivity contribution in [3.05, 3.63) is 18.1 Å². The molecule has 2 aromatic heterocycles. The van der Waals surface area contributed by atoms with Gasteiger partial charge in [0.25, 0.3) is 5.78 Å². The van der Waals surface area contributed by atoms with Crippen molar-refractivity contribution < 1.29 is 4.79 Å². The van der Waals surface area contributed by atoms with Crippen LogP contribution >= 0.6 is 0 Å². The van der Waals surface area contributed by atoms with Crippen LogP contribution in [0.3, 0.4) is 0 Å².